The maximum atomic E-state index is 12.3. The molecular weight excluding hydrogens is 422 g/mol. The van der Waals surface area contributed by atoms with Crippen LogP contribution in [-0.2, 0) is 4.79 Å². The molecule has 0 saturated heterocycles. The van der Waals surface area contributed by atoms with Gasteiger partial charge in [-0.05, 0) is 62.1 Å². The van der Waals surface area contributed by atoms with Gasteiger partial charge in [-0.1, -0.05) is 35.2 Å². The Morgan fingerprint density at radius 2 is 1.83 bits per heavy atom. The van der Waals surface area contributed by atoms with Crippen molar-refractivity contribution in [1.82, 2.24) is 10.2 Å². The second kappa shape index (κ2) is 9.23. The molecule has 0 fully saturated rings. The monoisotopic (exact) mass is 443 g/mol. The van der Waals surface area contributed by atoms with Crippen molar-refractivity contribution in [1.29, 1.82) is 0 Å². The van der Waals surface area contributed by atoms with Gasteiger partial charge in [-0.2, -0.15) is 0 Å². The minimum Gasteiger partial charge on any atom is -0.330 e. The Hall–Kier alpha value is -2.98. The Morgan fingerprint density at radius 1 is 1.10 bits per heavy atom. The number of aryl methyl sites for hydroxylation is 3. The van der Waals surface area contributed by atoms with Crippen LogP contribution in [0.1, 0.15) is 22.3 Å². The summed E-state index contributed by atoms with van der Waals surface area (Å²) in [7, 11) is 0. The summed E-state index contributed by atoms with van der Waals surface area (Å²) in [4.78, 5) is 23.1. The fourth-order valence-corrected chi connectivity index (χ4v) is 4.25. The molecule has 0 aliphatic heterocycles. The van der Waals surface area contributed by atoms with E-state index in [9.17, 15) is 14.9 Å². The highest BCUT2D eigenvalue weighted by Gasteiger charge is 2.18. The molecule has 0 bridgehead atoms. The van der Waals surface area contributed by atoms with Crippen molar-refractivity contribution >= 4 is 51.2 Å². The molecule has 0 aliphatic rings. The first kappa shape index (κ1) is 21.7. The number of carbonyl (C=O) groups excluding carboxylic acids is 1. The van der Waals surface area contributed by atoms with Crippen LogP contribution in [0.25, 0.3) is 0 Å². The average Bonchev–Trinajstić information content (AvgIpc) is 3.14. The molecule has 156 valence electrons. The molecule has 0 unspecified atom stereocenters. The predicted octanol–water partition coefficient (Wildman–Crippen LogP) is 5.15. The maximum absolute atomic E-state index is 12.3. The Kier molecular flexibility index (Phi) is 6.68. The van der Waals surface area contributed by atoms with Crippen molar-refractivity contribution < 1.29 is 9.72 Å². The van der Waals surface area contributed by atoms with Crippen LogP contribution >= 0.6 is 23.1 Å². The number of rotatable bonds is 7. The van der Waals surface area contributed by atoms with Gasteiger partial charge in [0.25, 0.3) is 5.69 Å². The third-order valence-electron chi connectivity index (χ3n) is 4.66. The summed E-state index contributed by atoms with van der Waals surface area (Å²) in [5.74, 6) is -0.270. The molecule has 3 aromatic rings. The third kappa shape index (κ3) is 5.14. The van der Waals surface area contributed by atoms with Gasteiger partial charge in [-0.15, -0.1) is 10.2 Å². The van der Waals surface area contributed by atoms with E-state index in [1.165, 1.54) is 34.7 Å². The highest BCUT2D eigenvalue weighted by atomic mass is 32.2. The molecule has 1 heterocycles. The fraction of sp³-hybridized carbons (Fsp3) is 0.250. The van der Waals surface area contributed by atoms with Gasteiger partial charge in [0.05, 0.1) is 10.7 Å². The smallest absolute Gasteiger partial charge is 0.293 e. The number of benzene rings is 2. The van der Waals surface area contributed by atoms with Crippen molar-refractivity contribution in [3.63, 3.8) is 0 Å². The van der Waals surface area contributed by atoms with E-state index in [2.05, 4.69) is 20.8 Å². The standard InChI is InChI=1S/C20H21N5O3S2/c1-11-6-5-7-15(14(11)4)22-19-23-24-20(30-19)29-10-18(26)21-16-8-12(2)13(3)9-17(16)25(27)28/h5-9H,10H2,1-4H3,(H,21,26)(H,22,23). The molecule has 10 heteroatoms. The summed E-state index contributed by atoms with van der Waals surface area (Å²) >= 11 is 2.58. The van der Waals surface area contributed by atoms with Gasteiger partial charge >= 0.3 is 0 Å². The molecule has 0 spiro atoms. The Balaban J connectivity index is 1.62. The first-order valence-corrected chi connectivity index (χ1v) is 10.9. The Morgan fingerprint density at radius 3 is 2.57 bits per heavy atom. The minimum atomic E-state index is -0.495. The van der Waals surface area contributed by atoms with E-state index in [0.29, 0.717) is 9.47 Å². The van der Waals surface area contributed by atoms with Crippen molar-refractivity contribution in [3.8, 4) is 0 Å². The number of amides is 1. The SMILES string of the molecule is Cc1cc(NC(=O)CSc2nnc(Nc3cccc(C)c3C)s2)c([N+](=O)[O-])cc1C. The van der Waals surface area contributed by atoms with Gasteiger partial charge in [-0.25, -0.2) is 0 Å². The molecule has 3 rings (SSSR count). The lowest BCUT2D eigenvalue weighted by atomic mass is 10.1. The summed E-state index contributed by atoms with van der Waals surface area (Å²) in [5.41, 5.74) is 5.02. The van der Waals surface area contributed by atoms with E-state index in [-0.39, 0.29) is 23.0 Å². The minimum absolute atomic E-state index is 0.0716. The Bertz CT molecular complexity index is 1110. The summed E-state index contributed by atoms with van der Waals surface area (Å²) in [6.45, 7) is 7.71. The van der Waals surface area contributed by atoms with E-state index >= 15 is 0 Å². The van der Waals surface area contributed by atoms with Crippen LogP contribution in [0.5, 0.6) is 0 Å². The third-order valence-corrected chi connectivity index (χ3v) is 6.63. The van der Waals surface area contributed by atoms with Crippen LogP contribution in [0.15, 0.2) is 34.7 Å². The second-order valence-electron chi connectivity index (χ2n) is 6.79. The molecule has 0 radical (unpaired) electrons. The molecule has 2 aromatic carbocycles. The number of thioether (sulfide) groups is 1. The summed E-state index contributed by atoms with van der Waals surface area (Å²) < 4.78 is 0.632. The summed E-state index contributed by atoms with van der Waals surface area (Å²) in [5, 5.41) is 26.0. The lowest BCUT2D eigenvalue weighted by Gasteiger charge is -2.08. The van der Waals surface area contributed by atoms with Gasteiger partial charge in [0.15, 0.2) is 4.34 Å². The quantitative estimate of drug-likeness (QED) is 0.295. The zero-order valence-corrected chi connectivity index (χ0v) is 18.6. The van der Waals surface area contributed by atoms with Crippen LogP contribution in [0, 0.1) is 37.8 Å². The molecule has 0 atom stereocenters. The summed E-state index contributed by atoms with van der Waals surface area (Å²) in [6, 6.07) is 9.07. The predicted molar refractivity (Wildman–Crippen MR) is 121 cm³/mol. The highest BCUT2D eigenvalue weighted by Crippen LogP contribution is 2.31. The van der Waals surface area contributed by atoms with Crippen molar-refractivity contribution in [2.45, 2.75) is 32.0 Å². The number of nitro benzene ring substituents is 1. The number of hydrogen-bond donors (Lipinski definition) is 2. The van der Waals surface area contributed by atoms with E-state index in [0.717, 1.165) is 22.4 Å². The molecule has 0 saturated carbocycles. The number of carbonyl (C=O) groups is 1. The topological polar surface area (TPSA) is 110 Å². The number of anilines is 3. The number of hydrogen-bond acceptors (Lipinski definition) is 8. The lowest BCUT2D eigenvalue weighted by Crippen LogP contribution is -2.15. The normalized spacial score (nSPS) is 10.7. The van der Waals surface area contributed by atoms with Crippen molar-refractivity contribution in [3.05, 3.63) is 62.7 Å². The molecule has 8 nitrogen and oxygen atoms in total. The molecule has 1 aromatic heterocycles. The number of aromatic nitrogens is 2. The van der Waals surface area contributed by atoms with E-state index in [4.69, 9.17) is 0 Å². The first-order valence-electron chi connectivity index (χ1n) is 9.09. The summed E-state index contributed by atoms with van der Waals surface area (Å²) in [6.07, 6.45) is 0. The van der Waals surface area contributed by atoms with Crippen LogP contribution in [0.3, 0.4) is 0 Å². The fourth-order valence-electron chi connectivity index (χ4n) is 2.69. The largest absolute Gasteiger partial charge is 0.330 e. The Labute approximate surface area is 182 Å². The number of nitrogens with zero attached hydrogens (tertiary/aromatic N) is 3. The van der Waals surface area contributed by atoms with Crippen molar-refractivity contribution in [2.75, 3.05) is 16.4 Å². The zero-order chi connectivity index (χ0) is 21.8. The molecular formula is C20H21N5O3S2. The average molecular weight is 444 g/mol. The lowest BCUT2D eigenvalue weighted by molar-refractivity contribution is -0.384. The first-order chi connectivity index (χ1) is 14.2. The molecule has 2 N–H and O–H groups in total. The molecule has 30 heavy (non-hydrogen) atoms. The van der Waals surface area contributed by atoms with Crippen LogP contribution in [-0.4, -0.2) is 26.8 Å². The van der Waals surface area contributed by atoms with E-state index < -0.39 is 4.92 Å². The van der Waals surface area contributed by atoms with Gasteiger partial charge < -0.3 is 10.6 Å². The zero-order valence-electron chi connectivity index (χ0n) is 17.0. The molecule has 1 amide bonds. The van der Waals surface area contributed by atoms with Gasteiger partial charge in [0.2, 0.25) is 11.0 Å². The van der Waals surface area contributed by atoms with E-state index in [1.54, 1.807) is 13.0 Å². The number of nitro groups is 1. The van der Waals surface area contributed by atoms with Crippen LogP contribution in [0.2, 0.25) is 0 Å². The number of nitrogens with one attached hydrogen (secondary N) is 2. The van der Waals surface area contributed by atoms with Gasteiger partial charge in [0, 0.05) is 11.8 Å². The maximum Gasteiger partial charge on any atom is 0.293 e. The second-order valence-corrected chi connectivity index (χ2v) is 8.99. The van der Waals surface area contributed by atoms with Crippen LogP contribution in [0.4, 0.5) is 22.2 Å². The van der Waals surface area contributed by atoms with Gasteiger partial charge in [-0.3, -0.25) is 14.9 Å². The van der Waals surface area contributed by atoms with E-state index in [1.807, 2.05) is 39.0 Å². The van der Waals surface area contributed by atoms with Crippen LogP contribution < -0.4 is 10.6 Å². The highest BCUT2D eigenvalue weighted by molar-refractivity contribution is 8.01. The van der Waals surface area contributed by atoms with Gasteiger partial charge in [0.1, 0.15) is 5.69 Å². The molecule has 0 aliphatic carbocycles. The van der Waals surface area contributed by atoms with Crippen molar-refractivity contribution in [2.24, 2.45) is 0 Å².